The minimum absolute atomic E-state index is 0.234. The Bertz CT molecular complexity index is 436. The molecule has 0 radical (unpaired) electrons. The molecule has 4 heteroatoms. The van der Waals surface area contributed by atoms with Crippen LogP contribution in [0.4, 0.5) is 15.8 Å². The van der Waals surface area contributed by atoms with Gasteiger partial charge in [0.15, 0.2) is 5.13 Å². The number of fused-ring (bicyclic) bond motifs is 1. The SMILES string of the molecule is Nc1cc(N)c2cc(F)sc2c1. The van der Waals surface area contributed by atoms with Crippen molar-refractivity contribution in [2.75, 3.05) is 11.5 Å². The molecule has 0 aliphatic carbocycles. The number of nitrogens with two attached hydrogens (primary N) is 2. The highest BCUT2D eigenvalue weighted by Crippen LogP contribution is 2.30. The van der Waals surface area contributed by atoms with Gasteiger partial charge in [0.25, 0.3) is 0 Å². The Hall–Kier alpha value is -1.29. The summed E-state index contributed by atoms with van der Waals surface area (Å²) in [6.07, 6.45) is 0. The molecule has 2 nitrogen and oxygen atoms in total. The lowest BCUT2D eigenvalue weighted by molar-refractivity contribution is 0.658. The maximum Gasteiger partial charge on any atom is 0.177 e. The Balaban J connectivity index is 2.88. The maximum atomic E-state index is 12.8. The Labute approximate surface area is 72.6 Å². The van der Waals surface area contributed by atoms with Crippen molar-refractivity contribution >= 4 is 32.8 Å². The number of rotatable bonds is 0. The van der Waals surface area contributed by atoms with Gasteiger partial charge in [0.1, 0.15) is 0 Å². The van der Waals surface area contributed by atoms with Gasteiger partial charge in [-0.25, -0.2) is 0 Å². The Morgan fingerprint density at radius 2 is 1.92 bits per heavy atom. The first kappa shape index (κ1) is 7.36. The molecule has 0 amide bonds. The lowest BCUT2D eigenvalue weighted by atomic mass is 10.2. The second-order valence-electron chi connectivity index (χ2n) is 2.57. The van der Waals surface area contributed by atoms with E-state index in [-0.39, 0.29) is 5.13 Å². The van der Waals surface area contributed by atoms with Crippen LogP contribution < -0.4 is 11.5 Å². The van der Waals surface area contributed by atoms with Crippen LogP contribution in [0.5, 0.6) is 0 Å². The third-order valence-corrected chi connectivity index (χ3v) is 2.53. The van der Waals surface area contributed by atoms with E-state index in [0.717, 1.165) is 21.4 Å². The third-order valence-electron chi connectivity index (χ3n) is 1.66. The van der Waals surface area contributed by atoms with E-state index in [2.05, 4.69) is 0 Å². The number of halogens is 1. The number of hydrogen-bond acceptors (Lipinski definition) is 3. The first-order valence-corrected chi connectivity index (χ1v) is 4.22. The first-order valence-electron chi connectivity index (χ1n) is 3.41. The summed E-state index contributed by atoms with van der Waals surface area (Å²) in [5.41, 5.74) is 12.3. The molecular formula is C8H7FN2S. The molecule has 0 unspecified atom stereocenters. The van der Waals surface area contributed by atoms with Crippen molar-refractivity contribution in [3.05, 3.63) is 23.3 Å². The topological polar surface area (TPSA) is 52.0 Å². The molecule has 2 aromatic rings. The van der Waals surface area contributed by atoms with Crippen LogP contribution in [0.2, 0.25) is 0 Å². The predicted octanol–water partition coefficient (Wildman–Crippen LogP) is 2.20. The van der Waals surface area contributed by atoms with E-state index >= 15 is 0 Å². The zero-order chi connectivity index (χ0) is 8.72. The van der Waals surface area contributed by atoms with Crippen LogP contribution in [-0.2, 0) is 0 Å². The zero-order valence-corrected chi connectivity index (χ0v) is 6.99. The summed E-state index contributed by atoms with van der Waals surface area (Å²) < 4.78 is 13.6. The number of thiophene rings is 1. The average molecular weight is 182 g/mol. The van der Waals surface area contributed by atoms with Crippen LogP contribution >= 0.6 is 11.3 Å². The Kier molecular flexibility index (Phi) is 1.44. The van der Waals surface area contributed by atoms with E-state index in [0.29, 0.717) is 11.4 Å². The summed E-state index contributed by atoms with van der Waals surface area (Å²) in [7, 11) is 0. The van der Waals surface area contributed by atoms with Crippen LogP contribution in [0.3, 0.4) is 0 Å². The monoisotopic (exact) mass is 182 g/mol. The molecule has 1 heterocycles. The molecule has 0 saturated heterocycles. The van der Waals surface area contributed by atoms with Crippen molar-refractivity contribution in [1.29, 1.82) is 0 Å². The highest BCUT2D eigenvalue weighted by atomic mass is 32.1. The van der Waals surface area contributed by atoms with Gasteiger partial charge in [0.2, 0.25) is 0 Å². The number of hydrogen-bond donors (Lipinski definition) is 2. The molecule has 1 aromatic heterocycles. The Morgan fingerprint density at radius 1 is 1.17 bits per heavy atom. The summed E-state index contributed by atoms with van der Waals surface area (Å²) in [6, 6.07) is 4.78. The average Bonchev–Trinajstić information content (AvgIpc) is 2.29. The molecule has 0 bridgehead atoms. The molecule has 1 aromatic carbocycles. The van der Waals surface area contributed by atoms with E-state index in [1.54, 1.807) is 12.1 Å². The third kappa shape index (κ3) is 1.00. The van der Waals surface area contributed by atoms with Crippen LogP contribution in [-0.4, -0.2) is 0 Å². The zero-order valence-electron chi connectivity index (χ0n) is 6.17. The van der Waals surface area contributed by atoms with Crippen molar-refractivity contribution in [3.63, 3.8) is 0 Å². The van der Waals surface area contributed by atoms with Crippen LogP contribution in [0.15, 0.2) is 18.2 Å². The standard InChI is InChI=1S/C8H7FN2S/c9-8-3-5-6(11)1-4(10)2-7(5)12-8/h1-3H,10-11H2. The molecule has 0 saturated carbocycles. The van der Waals surface area contributed by atoms with Crippen LogP contribution in [0.1, 0.15) is 0 Å². The fraction of sp³-hybridized carbons (Fsp3) is 0. The molecule has 4 N–H and O–H groups in total. The summed E-state index contributed by atoms with van der Waals surface area (Å²) in [5, 5.41) is 0.508. The number of benzene rings is 1. The van der Waals surface area contributed by atoms with E-state index in [1.165, 1.54) is 6.07 Å². The summed E-state index contributed by atoms with van der Waals surface area (Å²) >= 11 is 1.05. The lowest BCUT2D eigenvalue weighted by Crippen LogP contribution is -1.89. The van der Waals surface area contributed by atoms with E-state index < -0.39 is 0 Å². The minimum atomic E-state index is -0.234. The van der Waals surface area contributed by atoms with Gasteiger partial charge >= 0.3 is 0 Å². The molecule has 0 aliphatic heterocycles. The largest absolute Gasteiger partial charge is 0.399 e. The van der Waals surface area contributed by atoms with Gasteiger partial charge in [0.05, 0.1) is 0 Å². The first-order chi connectivity index (χ1) is 5.66. The van der Waals surface area contributed by atoms with Crippen LogP contribution in [0, 0.1) is 5.13 Å². The van der Waals surface area contributed by atoms with E-state index in [1.807, 2.05) is 0 Å². The highest BCUT2D eigenvalue weighted by molar-refractivity contribution is 7.17. The molecule has 0 aliphatic rings. The van der Waals surface area contributed by atoms with Gasteiger partial charge in [-0.3, -0.25) is 0 Å². The van der Waals surface area contributed by atoms with Gasteiger partial charge in [-0.05, 0) is 18.2 Å². The highest BCUT2D eigenvalue weighted by Gasteiger charge is 2.04. The maximum absolute atomic E-state index is 12.8. The van der Waals surface area contributed by atoms with Crippen molar-refractivity contribution in [2.24, 2.45) is 0 Å². The quantitative estimate of drug-likeness (QED) is 0.614. The minimum Gasteiger partial charge on any atom is -0.399 e. The number of nitrogen functional groups attached to an aromatic ring is 2. The van der Waals surface area contributed by atoms with Gasteiger partial charge in [-0.15, -0.1) is 11.3 Å². The van der Waals surface area contributed by atoms with Crippen molar-refractivity contribution in [3.8, 4) is 0 Å². The number of anilines is 2. The molecule has 0 atom stereocenters. The van der Waals surface area contributed by atoms with Crippen molar-refractivity contribution in [1.82, 2.24) is 0 Å². The fourth-order valence-electron chi connectivity index (χ4n) is 1.16. The Morgan fingerprint density at radius 3 is 2.67 bits per heavy atom. The van der Waals surface area contributed by atoms with Gasteiger partial charge in [-0.1, -0.05) is 0 Å². The summed E-state index contributed by atoms with van der Waals surface area (Å²) in [6.45, 7) is 0. The molecular weight excluding hydrogens is 175 g/mol. The van der Waals surface area contributed by atoms with Gasteiger partial charge in [0, 0.05) is 21.5 Å². The molecule has 12 heavy (non-hydrogen) atoms. The molecule has 2 rings (SSSR count). The lowest BCUT2D eigenvalue weighted by Gasteiger charge is -1.97. The molecule has 62 valence electrons. The smallest absolute Gasteiger partial charge is 0.177 e. The van der Waals surface area contributed by atoms with Crippen molar-refractivity contribution < 1.29 is 4.39 Å². The molecule has 0 fully saturated rings. The van der Waals surface area contributed by atoms with Crippen LogP contribution in [0.25, 0.3) is 10.1 Å². The molecule has 0 spiro atoms. The second kappa shape index (κ2) is 2.35. The summed E-state index contributed by atoms with van der Waals surface area (Å²) in [4.78, 5) is 0. The normalized spacial score (nSPS) is 10.8. The van der Waals surface area contributed by atoms with Gasteiger partial charge < -0.3 is 11.5 Å². The van der Waals surface area contributed by atoms with E-state index in [9.17, 15) is 4.39 Å². The second-order valence-corrected chi connectivity index (χ2v) is 3.61. The van der Waals surface area contributed by atoms with Gasteiger partial charge in [-0.2, -0.15) is 4.39 Å². The van der Waals surface area contributed by atoms with Crippen molar-refractivity contribution in [2.45, 2.75) is 0 Å². The fourth-order valence-corrected chi connectivity index (χ4v) is 2.03. The van der Waals surface area contributed by atoms with E-state index in [4.69, 9.17) is 11.5 Å². The predicted molar refractivity (Wildman–Crippen MR) is 50.6 cm³/mol. The summed E-state index contributed by atoms with van der Waals surface area (Å²) in [5.74, 6) is 0.